The summed E-state index contributed by atoms with van der Waals surface area (Å²) in [5.41, 5.74) is 1.85. The molecule has 0 bridgehead atoms. The van der Waals surface area contributed by atoms with Crippen molar-refractivity contribution >= 4 is 22.0 Å². The molecular weight excluding hydrogens is 323 g/mol. The zero-order valence-electron chi connectivity index (χ0n) is 10.7. The lowest BCUT2D eigenvalue weighted by molar-refractivity contribution is 0.240. The molecule has 2 rings (SSSR count). The second-order valence-electron chi connectivity index (χ2n) is 4.25. The van der Waals surface area contributed by atoms with Crippen molar-refractivity contribution in [2.45, 2.75) is 13.1 Å². The van der Waals surface area contributed by atoms with Gasteiger partial charge in [-0.1, -0.05) is 46.3 Å². The molecule has 2 amide bonds. The van der Waals surface area contributed by atoms with Crippen LogP contribution in [0.1, 0.15) is 11.1 Å². The number of amides is 2. The van der Waals surface area contributed by atoms with E-state index in [0.29, 0.717) is 13.1 Å². The molecule has 0 fully saturated rings. The van der Waals surface area contributed by atoms with E-state index in [9.17, 15) is 9.18 Å². The van der Waals surface area contributed by atoms with Gasteiger partial charge >= 0.3 is 6.03 Å². The molecular formula is C15H14BrFN2O. The number of nitrogens with one attached hydrogen (secondary N) is 2. The predicted molar refractivity (Wildman–Crippen MR) is 79.6 cm³/mol. The lowest BCUT2D eigenvalue weighted by atomic mass is 10.2. The molecule has 0 atom stereocenters. The van der Waals surface area contributed by atoms with Crippen molar-refractivity contribution in [1.82, 2.24) is 10.6 Å². The Bertz CT molecular complexity index is 587. The molecule has 104 valence electrons. The first-order chi connectivity index (χ1) is 9.65. The van der Waals surface area contributed by atoms with Gasteiger partial charge in [-0.05, 0) is 29.3 Å². The normalized spacial score (nSPS) is 10.1. The minimum absolute atomic E-state index is 0.259. The summed E-state index contributed by atoms with van der Waals surface area (Å²) in [6, 6.07) is 13.5. The summed E-state index contributed by atoms with van der Waals surface area (Å²) in [6.07, 6.45) is 0. The molecule has 2 N–H and O–H groups in total. The first kappa shape index (κ1) is 14.5. The van der Waals surface area contributed by atoms with Gasteiger partial charge in [0, 0.05) is 17.6 Å². The maximum atomic E-state index is 12.7. The van der Waals surface area contributed by atoms with Gasteiger partial charge in [0.25, 0.3) is 0 Å². The lowest BCUT2D eigenvalue weighted by Gasteiger charge is -2.09. The zero-order chi connectivity index (χ0) is 14.4. The number of hydrogen-bond acceptors (Lipinski definition) is 1. The van der Waals surface area contributed by atoms with Crippen LogP contribution in [0.15, 0.2) is 53.0 Å². The van der Waals surface area contributed by atoms with Crippen LogP contribution < -0.4 is 10.6 Å². The molecule has 20 heavy (non-hydrogen) atoms. The maximum absolute atomic E-state index is 12.7. The van der Waals surface area contributed by atoms with Crippen LogP contribution in [-0.2, 0) is 13.1 Å². The van der Waals surface area contributed by atoms with Gasteiger partial charge in [0.15, 0.2) is 0 Å². The quantitative estimate of drug-likeness (QED) is 0.880. The van der Waals surface area contributed by atoms with Crippen LogP contribution in [-0.4, -0.2) is 6.03 Å². The van der Waals surface area contributed by atoms with Crippen molar-refractivity contribution in [2.24, 2.45) is 0 Å². The fourth-order valence-electron chi connectivity index (χ4n) is 1.66. The second-order valence-corrected chi connectivity index (χ2v) is 5.11. The Labute approximate surface area is 125 Å². The minimum atomic E-state index is -0.285. The molecule has 0 aliphatic heterocycles. The van der Waals surface area contributed by atoms with Gasteiger partial charge in [0.1, 0.15) is 5.82 Å². The number of hydrogen-bond donors (Lipinski definition) is 2. The van der Waals surface area contributed by atoms with Crippen molar-refractivity contribution in [2.75, 3.05) is 0 Å². The van der Waals surface area contributed by atoms with Crippen LogP contribution in [0.3, 0.4) is 0 Å². The van der Waals surface area contributed by atoms with Crippen LogP contribution in [0, 0.1) is 5.82 Å². The molecule has 0 saturated carbocycles. The van der Waals surface area contributed by atoms with Gasteiger partial charge in [-0.3, -0.25) is 0 Å². The molecule has 3 nitrogen and oxygen atoms in total. The molecule has 0 heterocycles. The van der Waals surface area contributed by atoms with Crippen molar-refractivity contribution in [3.05, 3.63) is 69.9 Å². The second kappa shape index (κ2) is 7.05. The van der Waals surface area contributed by atoms with E-state index in [-0.39, 0.29) is 11.8 Å². The summed E-state index contributed by atoms with van der Waals surface area (Å²) < 4.78 is 13.7. The molecule has 5 heteroatoms. The SMILES string of the molecule is O=C(NCc1ccc(F)cc1)NCc1ccccc1Br. The number of urea groups is 1. The van der Waals surface area contributed by atoms with Crippen molar-refractivity contribution in [3.63, 3.8) is 0 Å². The fourth-order valence-corrected chi connectivity index (χ4v) is 2.09. The number of halogens is 2. The molecule has 0 aliphatic carbocycles. The maximum Gasteiger partial charge on any atom is 0.315 e. The predicted octanol–water partition coefficient (Wildman–Crippen LogP) is 3.59. The molecule has 2 aromatic rings. The van der Waals surface area contributed by atoms with E-state index in [1.54, 1.807) is 12.1 Å². The lowest BCUT2D eigenvalue weighted by Crippen LogP contribution is -2.34. The molecule has 0 unspecified atom stereocenters. The van der Waals surface area contributed by atoms with E-state index in [1.165, 1.54) is 12.1 Å². The average molecular weight is 337 g/mol. The van der Waals surface area contributed by atoms with Crippen LogP contribution in [0.25, 0.3) is 0 Å². The van der Waals surface area contributed by atoms with Gasteiger partial charge in [0.2, 0.25) is 0 Å². The zero-order valence-corrected chi connectivity index (χ0v) is 12.3. The Morgan fingerprint density at radius 1 is 1.00 bits per heavy atom. The third kappa shape index (κ3) is 4.35. The largest absolute Gasteiger partial charge is 0.334 e. The molecule has 0 aromatic heterocycles. The topological polar surface area (TPSA) is 41.1 Å². The summed E-state index contributed by atoms with van der Waals surface area (Å²) in [5.74, 6) is -0.285. The van der Waals surface area contributed by atoms with E-state index in [0.717, 1.165) is 15.6 Å². The number of carbonyl (C=O) groups is 1. The average Bonchev–Trinajstić information content (AvgIpc) is 2.46. The molecule has 2 aromatic carbocycles. The molecule has 0 radical (unpaired) electrons. The van der Waals surface area contributed by atoms with Gasteiger partial charge < -0.3 is 10.6 Å². The standard InChI is InChI=1S/C15H14BrFN2O/c16-14-4-2-1-3-12(14)10-19-15(20)18-9-11-5-7-13(17)8-6-11/h1-8H,9-10H2,(H2,18,19,20). The van der Waals surface area contributed by atoms with E-state index in [1.807, 2.05) is 24.3 Å². The van der Waals surface area contributed by atoms with Gasteiger partial charge in [-0.25, -0.2) is 9.18 Å². The fraction of sp³-hybridized carbons (Fsp3) is 0.133. The van der Waals surface area contributed by atoms with E-state index < -0.39 is 0 Å². The Hall–Kier alpha value is -1.88. The van der Waals surface area contributed by atoms with Crippen molar-refractivity contribution in [3.8, 4) is 0 Å². The van der Waals surface area contributed by atoms with E-state index in [2.05, 4.69) is 26.6 Å². The van der Waals surface area contributed by atoms with Crippen LogP contribution in [0.4, 0.5) is 9.18 Å². The first-order valence-corrected chi connectivity index (χ1v) is 6.94. The van der Waals surface area contributed by atoms with E-state index in [4.69, 9.17) is 0 Å². The van der Waals surface area contributed by atoms with E-state index >= 15 is 0 Å². The molecule has 0 saturated heterocycles. The summed E-state index contributed by atoms with van der Waals surface area (Å²) in [5, 5.41) is 5.49. The molecule has 0 aliphatic rings. The minimum Gasteiger partial charge on any atom is -0.334 e. The summed E-state index contributed by atoms with van der Waals surface area (Å²) >= 11 is 3.42. The number of rotatable bonds is 4. The highest BCUT2D eigenvalue weighted by molar-refractivity contribution is 9.10. The van der Waals surface area contributed by atoms with Gasteiger partial charge in [-0.15, -0.1) is 0 Å². The molecule has 0 spiro atoms. The highest BCUT2D eigenvalue weighted by atomic mass is 79.9. The smallest absolute Gasteiger partial charge is 0.315 e. The highest BCUT2D eigenvalue weighted by Gasteiger charge is 2.03. The Kier molecular flexibility index (Phi) is 5.12. The number of benzene rings is 2. The third-order valence-corrected chi connectivity index (χ3v) is 3.54. The third-order valence-electron chi connectivity index (χ3n) is 2.76. The monoisotopic (exact) mass is 336 g/mol. The van der Waals surface area contributed by atoms with Crippen molar-refractivity contribution < 1.29 is 9.18 Å². The Morgan fingerprint density at radius 3 is 2.35 bits per heavy atom. The first-order valence-electron chi connectivity index (χ1n) is 6.15. The van der Waals surface area contributed by atoms with Gasteiger partial charge in [0.05, 0.1) is 0 Å². The summed E-state index contributed by atoms with van der Waals surface area (Å²) in [4.78, 5) is 11.7. The Balaban J connectivity index is 1.78. The van der Waals surface area contributed by atoms with Crippen LogP contribution >= 0.6 is 15.9 Å². The van der Waals surface area contributed by atoms with Crippen LogP contribution in [0.2, 0.25) is 0 Å². The van der Waals surface area contributed by atoms with Crippen molar-refractivity contribution in [1.29, 1.82) is 0 Å². The highest BCUT2D eigenvalue weighted by Crippen LogP contribution is 2.15. The summed E-state index contributed by atoms with van der Waals surface area (Å²) in [7, 11) is 0. The Morgan fingerprint density at radius 2 is 1.65 bits per heavy atom. The summed E-state index contributed by atoms with van der Waals surface area (Å²) in [6.45, 7) is 0.804. The number of carbonyl (C=O) groups excluding carboxylic acids is 1. The van der Waals surface area contributed by atoms with Crippen LogP contribution in [0.5, 0.6) is 0 Å². The van der Waals surface area contributed by atoms with Gasteiger partial charge in [-0.2, -0.15) is 0 Å².